The van der Waals surface area contributed by atoms with Crippen LogP contribution < -0.4 is 5.73 Å². The Kier molecular flexibility index (Phi) is 35.8. The summed E-state index contributed by atoms with van der Waals surface area (Å²) in [6.07, 6.45) is 37.6. The lowest BCUT2D eigenvalue weighted by molar-refractivity contribution is -0.161. The Balaban J connectivity index is 4.33. The molecule has 0 aromatic carbocycles. The molecule has 0 aliphatic heterocycles. The van der Waals surface area contributed by atoms with Gasteiger partial charge in [-0.25, -0.2) is 4.57 Å². The van der Waals surface area contributed by atoms with E-state index in [0.29, 0.717) is 19.3 Å². The third-order valence-corrected chi connectivity index (χ3v) is 9.31. The number of carbonyl (C=O) groups is 2. The molecule has 0 bridgehead atoms. The summed E-state index contributed by atoms with van der Waals surface area (Å²) in [4.78, 5) is 34.7. The molecule has 0 rings (SSSR count). The maximum atomic E-state index is 12.5. The number of hydrogen-bond acceptors (Lipinski definition) is 9. The van der Waals surface area contributed by atoms with E-state index in [1.165, 1.54) is 57.8 Å². The maximum Gasteiger partial charge on any atom is 0.472 e. The van der Waals surface area contributed by atoms with E-state index in [0.717, 1.165) is 57.8 Å². The molecule has 0 aromatic rings. The summed E-state index contributed by atoms with van der Waals surface area (Å²) >= 11 is 0. The summed E-state index contributed by atoms with van der Waals surface area (Å²) in [5.41, 5.74) is 5.33. The third kappa shape index (κ3) is 36.3. The Hall–Kier alpha value is -2.07. The Morgan fingerprint density at radius 2 is 1.23 bits per heavy atom. The van der Waals surface area contributed by atoms with Gasteiger partial charge in [-0.2, -0.15) is 0 Å². The summed E-state index contributed by atoms with van der Waals surface area (Å²) in [5, 5.41) is 9.88. The monoisotopic (exact) mass is 756 g/mol. The van der Waals surface area contributed by atoms with E-state index in [2.05, 4.69) is 26.0 Å². The molecule has 0 heterocycles. The van der Waals surface area contributed by atoms with E-state index in [4.69, 9.17) is 24.3 Å². The molecule has 302 valence electrons. The van der Waals surface area contributed by atoms with Crippen LogP contribution in [0.3, 0.4) is 0 Å². The van der Waals surface area contributed by atoms with Crippen molar-refractivity contribution in [3.8, 4) is 0 Å². The Morgan fingerprint density at radius 1 is 0.673 bits per heavy atom. The van der Waals surface area contributed by atoms with E-state index in [-0.39, 0.29) is 38.7 Å². The summed E-state index contributed by atoms with van der Waals surface area (Å²) < 4.78 is 32.6. The van der Waals surface area contributed by atoms with E-state index in [9.17, 15) is 24.2 Å². The number of allylic oxidation sites excluding steroid dienone is 7. The molecular formula is C41H74NO9P. The molecular weight excluding hydrogens is 681 g/mol. The van der Waals surface area contributed by atoms with Gasteiger partial charge in [-0.05, 0) is 38.5 Å². The smallest absolute Gasteiger partial charge is 0.462 e. The first-order valence-corrected chi connectivity index (χ1v) is 21.7. The predicted molar refractivity (Wildman–Crippen MR) is 212 cm³/mol. The van der Waals surface area contributed by atoms with Gasteiger partial charge >= 0.3 is 19.8 Å². The molecule has 3 atom stereocenters. The largest absolute Gasteiger partial charge is 0.472 e. The first-order valence-electron chi connectivity index (χ1n) is 20.2. The van der Waals surface area contributed by atoms with Crippen LogP contribution in [-0.4, -0.2) is 60.5 Å². The number of esters is 2. The number of phosphoric acid groups is 1. The molecule has 0 fully saturated rings. The summed E-state index contributed by atoms with van der Waals surface area (Å²) in [7, 11) is -4.39. The molecule has 0 saturated heterocycles. The van der Waals surface area contributed by atoms with Gasteiger partial charge < -0.3 is 25.2 Å². The number of aliphatic hydroxyl groups excluding tert-OH is 1. The molecule has 0 aliphatic rings. The van der Waals surface area contributed by atoms with Crippen molar-refractivity contribution in [3.63, 3.8) is 0 Å². The zero-order valence-electron chi connectivity index (χ0n) is 32.6. The number of hydrogen-bond donors (Lipinski definition) is 3. The van der Waals surface area contributed by atoms with Crippen molar-refractivity contribution in [1.82, 2.24) is 0 Å². The van der Waals surface area contributed by atoms with Gasteiger partial charge in [0.25, 0.3) is 0 Å². The predicted octanol–water partition coefficient (Wildman–Crippen LogP) is 10.1. The fourth-order valence-corrected chi connectivity index (χ4v) is 6.03. The number of rotatable bonds is 37. The Bertz CT molecular complexity index is 1010. The van der Waals surface area contributed by atoms with Crippen molar-refractivity contribution in [2.45, 2.75) is 174 Å². The minimum absolute atomic E-state index is 0.0387. The van der Waals surface area contributed by atoms with Crippen LogP contribution in [0.4, 0.5) is 0 Å². The first-order chi connectivity index (χ1) is 25.2. The molecule has 1 unspecified atom stereocenters. The number of unbranched alkanes of at least 4 members (excludes halogenated alkanes) is 15. The zero-order chi connectivity index (χ0) is 38.4. The van der Waals surface area contributed by atoms with E-state index in [1.54, 1.807) is 0 Å². The van der Waals surface area contributed by atoms with Gasteiger partial charge in [-0.15, -0.1) is 0 Å². The highest BCUT2D eigenvalue weighted by atomic mass is 31.2. The zero-order valence-corrected chi connectivity index (χ0v) is 33.5. The van der Waals surface area contributed by atoms with Gasteiger partial charge in [-0.3, -0.25) is 18.6 Å². The number of phosphoric ester groups is 1. The molecule has 0 radical (unpaired) electrons. The van der Waals surface area contributed by atoms with Crippen LogP contribution in [0.25, 0.3) is 0 Å². The molecule has 4 N–H and O–H groups in total. The highest BCUT2D eigenvalue weighted by Crippen LogP contribution is 2.43. The molecule has 0 saturated carbocycles. The topological polar surface area (TPSA) is 155 Å². The van der Waals surface area contributed by atoms with Crippen LogP contribution >= 0.6 is 7.82 Å². The highest BCUT2D eigenvalue weighted by Gasteiger charge is 2.25. The Morgan fingerprint density at radius 3 is 1.87 bits per heavy atom. The number of carbonyl (C=O) groups excluding carboxylic acids is 2. The van der Waals surface area contributed by atoms with Crippen molar-refractivity contribution in [1.29, 1.82) is 0 Å². The average molecular weight is 756 g/mol. The van der Waals surface area contributed by atoms with Crippen LogP contribution in [-0.2, 0) is 32.7 Å². The fourth-order valence-electron chi connectivity index (χ4n) is 5.27. The Labute approximate surface area is 316 Å². The van der Waals surface area contributed by atoms with E-state index in [1.807, 2.05) is 36.5 Å². The molecule has 11 heteroatoms. The SMILES string of the molecule is CCCCCCCCCCCCCCCC(=O)O[C@H](COC(=O)CCC/C=C\C/C=C\C/C=C\C=C\[C@H](O)CCCCC)COP(=O)(O)OCCN. The number of ether oxygens (including phenoxy) is 2. The maximum absolute atomic E-state index is 12.5. The lowest BCUT2D eigenvalue weighted by atomic mass is 10.0. The van der Waals surface area contributed by atoms with Gasteiger partial charge in [0.2, 0.25) is 0 Å². The van der Waals surface area contributed by atoms with Crippen molar-refractivity contribution in [2.24, 2.45) is 5.73 Å². The normalized spacial score (nSPS) is 14.5. The highest BCUT2D eigenvalue weighted by molar-refractivity contribution is 7.47. The second-order valence-electron chi connectivity index (χ2n) is 13.4. The first kappa shape index (κ1) is 49.9. The van der Waals surface area contributed by atoms with Gasteiger partial charge in [0, 0.05) is 19.4 Å². The van der Waals surface area contributed by atoms with Crippen LogP contribution in [0.1, 0.15) is 162 Å². The van der Waals surface area contributed by atoms with Crippen LogP contribution in [0.5, 0.6) is 0 Å². The summed E-state index contributed by atoms with van der Waals surface area (Å²) in [6.45, 7) is 3.52. The van der Waals surface area contributed by atoms with Crippen LogP contribution in [0.2, 0.25) is 0 Å². The lowest BCUT2D eigenvalue weighted by Gasteiger charge is -2.19. The summed E-state index contributed by atoms with van der Waals surface area (Å²) in [5.74, 6) is -0.921. The van der Waals surface area contributed by atoms with Crippen molar-refractivity contribution in [2.75, 3.05) is 26.4 Å². The molecule has 52 heavy (non-hydrogen) atoms. The van der Waals surface area contributed by atoms with Crippen LogP contribution in [0.15, 0.2) is 48.6 Å². The fraction of sp³-hybridized carbons (Fsp3) is 0.756. The lowest BCUT2D eigenvalue weighted by Crippen LogP contribution is -2.29. The van der Waals surface area contributed by atoms with Gasteiger partial charge in [0.1, 0.15) is 6.61 Å². The quantitative estimate of drug-likeness (QED) is 0.0183. The standard InChI is InChI=1S/C41H74NO9P/c1-3-5-7-8-9-10-11-12-15-19-22-25-29-33-41(45)51-39(37-50-52(46,47)49-35-34-42)36-48-40(44)32-28-24-21-18-16-13-14-17-20-23-27-31-38(43)30-26-6-4-2/h13-14,18,20-21,23,27,31,38-39,43H,3-12,15-17,19,22,24-26,28-30,32-37,42H2,1-2H3,(H,46,47)/b14-13-,21-18-,23-20-,31-27+/t38-,39-/m1/s1. The van der Waals surface area contributed by atoms with E-state index >= 15 is 0 Å². The molecule has 0 aromatic heterocycles. The average Bonchev–Trinajstić information content (AvgIpc) is 3.12. The minimum atomic E-state index is -4.39. The van der Waals surface area contributed by atoms with Crippen molar-refractivity contribution < 1.29 is 42.7 Å². The second kappa shape index (κ2) is 37.3. The second-order valence-corrected chi connectivity index (χ2v) is 14.8. The molecule has 0 amide bonds. The number of aliphatic hydroxyl groups is 1. The number of nitrogens with two attached hydrogens (primary N) is 1. The third-order valence-electron chi connectivity index (χ3n) is 8.32. The van der Waals surface area contributed by atoms with Gasteiger partial charge in [0.15, 0.2) is 6.10 Å². The molecule has 0 aliphatic carbocycles. The van der Waals surface area contributed by atoms with E-state index < -0.39 is 32.5 Å². The molecule has 10 nitrogen and oxygen atoms in total. The minimum Gasteiger partial charge on any atom is -0.462 e. The van der Waals surface area contributed by atoms with Gasteiger partial charge in [0.05, 0.1) is 19.3 Å². The van der Waals surface area contributed by atoms with Crippen LogP contribution in [0, 0.1) is 0 Å². The van der Waals surface area contributed by atoms with Crippen molar-refractivity contribution in [3.05, 3.63) is 48.6 Å². The van der Waals surface area contributed by atoms with Gasteiger partial charge in [-0.1, -0.05) is 159 Å². The molecule has 0 spiro atoms. The van der Waals surface area contributed by atoms with Crippen molar-refractivity contribution >= 4 is 19.8 Å². The summed E-state index contributed by atoms with van der Waals surface area (Å²) in [6, 6.07) is 0.